The summed E-state index contributed by atoms with van der Waals surface area (Å²) >= 11 is 0. The molecule has 10 heteroatoms. The molecule has 33 heavy (non-hydrogen) atoms. The number of fused-ring (bicyclic) bond motifs is 1. The number of benzene rings is 2. The van der Waals surface area contributed by atoms with Gasteiger partial charge >= 0.3 is 5.97 Å². The van der Waals surface area contributed by atoms with Crippen LogP contribution < -0.4 is 5.32 Å². The average molecular weight is 451 g/mol. The summed E-state index contributed by atoms with van der Waals surface area (Å²) in [5.74, 6) is -2.20. The Morgan fingerprint density at radius 3 is 2.61 bits per heavy atom. The fourth-order valence-electron chi connectivity index (χ4n) is 4.01. The topological polar surface area (TPSA) is 106 Å². The molecule has 4 rings (SSSR count). The van der Waals surface area contributed by atoms with Crippen LogP contribution in [0.1, 0.15) is 45.7 Å². The molecule has 0 fully saturated rings. The Hall–Kier alpha value is -4.08. The van der Waals surface area contributed by atoms with Crippen LogP contribution in [0.25, 0.3) is 0 Å². The van der Waals surface area contributed by atoms with Crippen molar-refractivity contribution in [3.05, 3.63) is 77.6 Å². The van der Waals surface area contributed by atoms with Crippen molar-refractivity contribution in [3.63, 3.8) is 0 Å². The molecule has 0 saturated heterocycles. The van der Waals surface area contributed by atoms with E-state index in [2.05, 4.69) is 20.1 Å². The van der Waals surface area contributed by atoms with Crippen LogP contribution in [0.3, 0.4) is 0 Å². The smallest absolute Gasteiger partial charge is 0.337 e. The van der Waals surface area contributed by atoms with Gasteiger partial charge in [-0.15, -0.1) is 0 Å². The van der Waals surface area contributed by atoms with E-state index in [1.54, 1.807) is 22.9 Å². The summed E-state index contributed by atoms with van der Waals surface area (Å²) in [5, 5.41) is 6.86. The molecule has 2 amide bonds. The van der Waals surface area contributed by atoms with Crippen LogP contribution >= 0.6 is 0 Å². The zero-order valence-electron chi connectivity index (χ0n) is 18.1. The van der Waals surface area contributed by atoms with E-state index in [-0.39, 0.29) is 5.56 Å². The van der Waals surface area contributed by atoms with Gasteiger partial charge < -0.3 is 15.0 Å². The summed E-state index contributed by atoms with van der Waals surface area (Å²) in [6.07, 6.45) is 3.42. The predicted molar refractivity (Wildman–Crippen MR) is 116 cm³/mol. The predicted octanol–water partition coefficient (Wildman–Crippen LogP) is 2.82. The second-order valence-corrected chi connectivity index (χ2v) is 7.56. The van der Waals surface area contributed by atoms with Crippen molar-refractivity contribution >= 4 is 23.5 Å². The first-order chi connectivity index (χ1) is 15.9. The number of amides is 2. The third kappa shape index (κ3) is 4.19. The highest BCUT2D eigenvalue weighted by atomic mass is 19.1. The number of methoxy groups -OCH3 is 1. The number of rotatable bonds is 7. The first kappa shape index (κ1) is 22.1. The van der Waals surface area contributed by atoms with E-state index in [1.807, 2.05) is 6.92 Å². The van der Waals surface area contributed by atoms with Gasteiger partial charge in [0.15, 0.2) is 0 Å². The molecule has 0 radical (unpaired) electrons. The highest BCUT2D eigenvalue weighted by Gasteiger charge is 2.45. The minimum Gasteiger partial charge on any atom is -0.465 e. The maximum Gasteiger partial charge on any atom is 0.337 e. The minimum absolute atomic E-state index is 0.101. The minimum atomic E-state index is -1.03. The molecule has 1 aromatic heterocycles. The molecule has 0 saturated carbocycles. The number of aromatic nitrogens is 3. The number of hydrogen-bond acceptors (Lipinski definition) is 6. The lowest BCUT2D eigenvalue weighted by atomic mass is 10.0. The van der Waals surface area contributed by atoms with Crippen LogP contribution in [-0.4, -0.2) is 50.6 Å². The molecule has 0 bridgehead atoms. The first-order valence-electron chi connectivity index (χ1n) is 10.4. The second kappa shape index (κ2) is 9.19. The van der Waals surface area contributed by atoms with Crippen molar-refractivity contribution in [2.45, 2.75) is 32.0 Å². The monoisotopic (exact) mass is 451 g/mol. The normalized spacial score (nSPS) is 15.8. The Morgan fingerprint density at radius 2 is 1.97 bits per heavy atom. The molecule has 1 aliphatic heterocycles. The number of carbonyl (C=O) groups excluding carboxylic acids is 3. The lowest BCUT2D eigenvalue weighted by Crippen LogP contribution is -2.44. The van der Waals surface area contributed by atoms with E-state index in [0.29, 0.717) is 29.8 Å². The van der Waals surface area contributed by atoms with Gasteiger partial charge in [0, 0.05) is 5.69 Å². The van der Waals surface area contributed by atoms with E-state index in [0.717, 1.165) is 0 Å². The highest BCUT2D eigenvalue weighted by molar-refractivity contribution is 6.08. The molecule has 2 heterocycles. The number of nitrogens with zero attached hydrogens (tertiary/aromatic N) is 4. The maximum absolute atomic E-state index is 14.6. The molecule has 0 spiro atoms. The number of esters is 1. The first-order valence-corrected chi connectivity index (χ1v) is 10.4. The molecular formula is C23H22FN5O4. The van der Waals surface area contributed by atoms with E-state index < -0.39 is 35.7 Å². The van der Waals surface area contributed by atoms with Gasteiger partial charge in [0.1, 0.15) is 24.5 Å². The van der Waals surface area contributed by atoms with Crippen LogP contribution in [0.15, 0.2) is 55.1 Å². The van der Waals surface area contributed by atoms with E-state index >= 15 is 0 Å². The van der Waals surface area contributed by atoms with Crippen molar-refractivity contribution in [2.75, 3.05) is 12.4 Å². The Morgan fingerprint density at radius 1 is 1.21 bits per heavy atom. The van der Waals surface area contributed by atoms with Gasteiger partial charge in [0.25, 0.3) is 11.8 Å². The lowest BCUT2D eigenvalue weighted by molar-refractivity contribution is -0.121. The van der Waals surface area contributed by atoms with Gasteiger partial charge in [0.2, 0.25) is 0 Å². The van der Waals surface area contributed by atoms with Crippen molar-refractivity contribution in [2.24, 2.45) is 0 Å². The Balaban J connectivity index is 1.66. The Kier molecular flexibility index (Phi) is 6.16. The largest absolute Gasteiger partial charge is 0.465 e. The molecular weight excluding hydrogens is 429 g/mol. The number of anilines is 1. The van der Waals surface area contributed by atoms with Crippen LogP contribution in [-0.2, 0) is 16.1 Å². The Bertz CT molecular complexity index is 1180. The Labute approximate surface area is 189 Å². The van der Waals surface area contributed by atoms with Crippen LogP contribution in [0.4, 0.5) is 10.1 Å². The van der Waals surface area contributed by atoms with Gasteiger partial charge in [-0.3, -0.25) is 14.3 Å². The van der Waals surface area contributed by atoms with Crippen LogP contribution in [0.2, 0.25) is 0 Å². The molecule has 0 aliphatic carbocycles. The highest BCUT2D eigenvalue weighted by Crippen LogP contribution is 2.38. The number of carbonyl (C=O) groups is 3. The van der Waals surface area contributed by atoms with E-state index in [4.69, 9.17) is 0 Å². The zero-order chi connectivity index (χ0) is 23.5. The zero-order valence-corrected chi connectivity index (χ0v) is 18.1. The van der Waals surface area contributed by atoms with Crippen molar-refractivity contribution in [1.29, 1.82) is 0 Å². The van der Waals surface area contributed by atoms with Gasteiger partial charge in [-0.05, 0) is 42.3 Å². The SMILES string of the molecule is CCC(Cn1cncn1)N1C(=O)c2c(F)cccc2C1C(=O)Nc1ccc(C(=O)OC)cc1. The fourth-order valence-corrected chi connectivity index (χ4v) is 4.01. The summed E-state index contributed by atoms with van der Waals surface area (Å²) in [7, 11) is 1.28. The number of ether oxygens (including phenoxy) is 1. The molecule has 9 nitrogen and oxygen atoms in total. The standard InChI is InChI=1S/C23H22FN5O4/c1-3-16(11-28-13-25-12-26-28)29-20(17-5-4-6-18(24)19(17)22(29)31)21(30)27-15-9-7-14(8-10-15)23(32)33-2/h4-10,12-13,16,20H,3,11H2,1-2H3,(H,27,30). The third-order valence-corrected chi connectivity index (χ3v) is 5.62. The average Bonchev–Trinajstić information content (AvgIpc) is 3.44. The lowest BCUT2D eigenvalue weighted by Gasteiger charge is -2.32. The molecule has 1 N–H and O–H groups in total. The van der Waals surface area contributed by atoms with Gasteiger partial charge in [-0.2, -0.15) is 5.10 Å². The summed E-state index contributed by atoms with van der Waals surface area (Å²) in [4.78, 5) is 43.6. The van der Waals surface area contributed by atoms with Crippen molar-refractivity contribution in [3.8, 4) is 0 Å². The summed E-state index contributed by atoms with van der Waals surface area (Å²) < 4.78 is 20.9. The summed E-state index contributed by atoms with van der Waals surface area (Å²) in [6, 6.07) is 8.98. The summed E-state index contributed by atoms with van der Waals surface area (Å²) in [6.45, 7) is 2.18. The summed E-state index contributed by atoms with van der Waals surface area (Å²) in [5.41, 5.74) is 0.963. The van der Waals surface area contributed by atoms with Crippen molar-refractivity contribution < 1.29 is 23.5 Å². The van der Waals surface area contributed by atoms with E-state index in [1.165, 1.54) is 48.9 Å². The van der Waals surface area contributed by atoms with Gasteiger partial charge in [-0.1, -0.05) is 19.1 Å². The van der Waals surface area contributed by atoms with Gasteiger partial charge in [-0.25, -0.2) is 14.2 Å². The molecule has 2 atom stereocenters. The molecule has 170 valence electrons. The second-order valence-electron chi connectivity index (χ2n) is 7.56. The number of hydrogen-bond donors (Lipinski definition) is 1. The quantitative estimate of drug-likeness (QED) is 0.554. The van der Waals surface area contributed by atoms with Gasteiger partial charge in [0.05, 0.1) is 30.8 Å². The molecule has 3 aromatic rings. The van der Waals surface area contributed by atoms with Crippen molar-refractivity contribution in [1.82, 2.24) is 19.7 Å². The van der Waals surface area contributed by atoms with E-state index in [9.17, 15) is 18.8 Å². The molecule has 2 unspecified atom stereocenters. The maximum atomic E-state index is 14.6. The van der Waals surface area contributed by atoms with Crippen LogP contribution in [0.5, 0.6) is 0 Å². The third-order valence-electron chi connectivity index (χ3n) is 5.62. The molecule has 1 aliphatic rings. The van der Waals surface area contributed by atoms with Crippen LogP contribution in [0, 0.1) is 5.82 Å². The number of halogens is 1. The molecule has 2 aromatic carbocycles. The number of nitrogens with one attached hydrogen (secondary N) is 1. The fraction of sp³-hybridized carbons (Fsp3) is 0.261.